The third kappa shape index (κ3) is 4.20. The fourth-order valence-corrected chi connectivity index (χ4v) is 3.22. The van der Waals surface area contributed by atoms with Gasteiger partial charge in [-0.2, -0.15) is 0 Å². The molecule has 0 saturated carbocycles. The number of hydrogen-bond acceptors (Lipinski definition) is 3. The van der Waals surface area contributed by atoms with Crippen LogP contribution >= 0.6 is 15.9 Å². The second kappa shape index (κ2) is 7.27. The Morgan fingerprint density at radius 1 is 1.48 bits per heavy atom. The van der Waals surface area contributed by atoms with E-state index in [1.807, 2.05) is 12.1 Å². The quantitative estimate of drug-likeness (QED) is 0.855. The van der Waals surface area contributed by atoms with E-state index < -0.39 is 0 Å². The fourth-order valence-electron chi connectivity index (χ4n) is 2.86. The normalized spacial score (nSPS) is 18.8. The zero-order valence-electron chi connectivity index (χ0n) is 12.7. The summed E-state index contributed by atoms with van der Waals surface area (Å²) in [5, 5.41) is 3.57. The zero-order chi connectivity index (χ0) is 15.4. The summed E-state index contributed by atoms with van der Waals surface area (Å²) in [6.07, 6.45) is 3.71. The molecule has 4 nitrogen and oxygen atoms in total. The molecule has 1 fully saturated rings. The Morgan fingerprint density at radius 2 is 2.24 bits per heavy atom. The first-order valence-corrected chi connectivity index (χ1v) is 8.37. The van der Waals surface area contributed by atoms with Gasteiger partial charge in [0.2, 0.25) is 0 Å². The number of halogens is 1. The first-order valence-electron chi connectivity index (χ1n) is 7.58. The van der Waals surface area contributed by atoms with E-state index in [0.29, 0.717) is 17.6 Å². The lowest BCUT2D eigenvalue weighted by Crippen LogP contribution is -2.46. The maximum absolute atomic E-state index is 11.8. The highest BCUT2D eigenvalue weighted by Crippen LogP contribution is 2.27. The van der Waals surface area contributed by atoms with Crippen LogP contribution in [-0.4, -0.2) is 31.1 Å². The molecule has 2 rings (SSSR count). The molecule has 5 heteroatoms. The van der Waals surface area contributed by atoms with Gasteiger partial charge in [0.15, 0.2) is 0 Å². The van der Waals surface area contributed by atoms with Gasteiger partial charge in [-0.1, -0.05) is 22.4 Å². The summed E-state index contributed by atoms with van der Waals surface area (Å²) in [5.41, 5.74) is 7.05. The molecule has 1 aliphatic rings. The van der Waals surface area contributed by atoms with Crippen molar-refractivity contribution in [2.75, 3.05) is 18.0 Å². The van der Waals surface area contributed by atoms with Crippen molar-refractivity contribution >= 4 is 27.5 Å². The summed E-state index contributed by atoms with van der Waals surface area (Å²) in [6, 6.07) is 6.54. The highest BCUT2D eigenvalue weighted by Gasteiger charge is 2.22. The lowest BCUT2D eigenvalue weighted by Gasteiger charge is -2.35. The van der Waals surface area contributed by atoms with Gasteiger partial charge >= 0.3 is 0 Å². The molecule has 1 heterocycles. The van der Waals surface area contributed by atoms with Crippen LogP contribution in [0.3, 0.4) is 0 Å². The molecule has 1 unspecified atom stereocenters. The molecule has 3 N–H and O–H groups in total. The van der Waals surface area contributed by atoms with Crippen molar-refractivity contribution in [1.82, 2.24) is 5.32 Å². The summed E-state index contributed by atoms with van der Waals surface area (Å²) in [4.78, 5) is 14.0. The summed E-state index contributed by atoms with van der Waals surface area (Å²) < 4.78 is 0.875. The van der Waals surface area contributed by atoms with Crippen LogP contribution in [0.5, 0.6) is 0 Å². The van der Waals surface area contributed by atoms with Crippen LogP contribution in [0, 0.1) is 0 Å². The van der Waals surface area contributed by atoms with Gasteiger partial charge in [0, 0.05) is 28.8 Å². The number of piperidine rings is 1. The Bertz CT molecular complexity index is 498. The second-order valence-electron chi connectivity index (χ2n) is 5.92. The van der Waals surface area contributed by atoms with Crippen LogP contribution in [0.15, 0.2) is 22.7 Å². The van der Waals surface area contributed by atoms with Crippen molar-refractivity contribution < 1.29 is 4.79 Å². The maximum Gasteiger partial charge on any atom is 0.250 e. The lowest BCUT2D eigenvalue weighted by atomic mass is 10.0. The van der Waals surface area contributed by atoms with Crippen LogP contribution < -0.4 is 16.0 Å². The van der Waals surface area contributed by atoms with Gasteiger partial charge < -0.3 is 16.0 Å². The van der Waals surface area contributed by atoms with E-state index in [0.717, 1.165) is 23.2 Å². The average molecular weight is 354 g/mol. The average Bonchev–Trinajstić information content (AvgIpc) is 2.46. The minimum absolute atomic E-state index is 0.313. The van der Waals surface area contributed by atoms with E-state index in [-0.39, 0.29) is 5.91 Å². The summed E-state index contributed by atoms with van der Waals surface area (Å²) >= 11 is 3.41. The number of nitrogens with zero attached hydrogens (tertiary/aromatic N) is 1. The molecule has 1 aliphatic heterocycles. The van der Waals surface area contributed by atoms with Crippen LogP contribution in [0.1, 0.15) is 43.5 Å². The molecule has 21 heavy (non-hydrogen) atoms. The molecule has 0 radical (unpaired) electrons. The van der Waals surface area contributed by atoms with Crippen LogP contribution in [0.4, 0.5) is 5.69 Å². The fraction of sp³-hybridized carbons (Fsp3) is 0.562. The van der Waals surface area contributed by atoms with Gasteiger partial charge in [0.1, 0.15) is 0 Å². The topological polar surface area (TPSA) is 58.4 Å². The van der Waals surface area contributed by atoms with Gasteiger partial charge in [-0.05, 0) is 51.4 Å². The number of primary amides is 1. The standard InChI is InChI=1S/C16H24BrN3O/c1-11(2)20(10-13-5-3-4-8-19-13)15-7-6-12(17)9-14(15)16(18)21/h6-7,9,11,13,19H,3-5,8,10H2,1-2H3,(H2,18,21). The Hall–Kier alpha value is -1.07. The molecule has 0 spiro atoms. The number of carbonyl (C=O) groups excluding carboxylic acids is 1. The van der Waals surface area contributed by atoms with Crippen molar-refractivity contribution in [1.29, 1.82) is 0 Å². The lowest BCUT2D eigenvalue weighted by molar-refractivity contribution is 0.100. The van der Waals surface area contributed by atoms with Crippen molar-refractivity contribution in [3.8, 4) is 0 Å². The van der Waals surface area contributed by atoms with Gasteiger partial charge in [0.05, 0.1) is 5.56 Å². The number of carbonyl (C=O) groups is 1. The smallest absolute Gasteiger partial charge is 0.250 e. The van der Waals surface area contributed by atoms with Crippen molar-refractivity contribution in [3.05, 3.63) is 28.2 Å². The maximum atomic E-state index is 11.8. The molecule has 0 aliphatic carbocycles. The Kier molecular flexibility index (Phi) is 5.65. The molecule has 0 aromatic heterocycles. The highest BCUT2D eigenvalue weighted by atomic mass is 79.9. The Morgan fingerprint density at radius 3 is 2.81 bits per heavy atom. The first-order chi connectivity index (χ1) is 9.99. The van der Waals surface area contributed by atoms with E-state index in [1.165, 1.54) is 19.3 Å². The summed E-state index contributed by atoms with van der Waals surface area (Å²) in [5.74, 6) is -0.381. The highest BCUT2D eigenvalue weighted by molar-refractivity contribution is 9.10. The Labute approximate surface area is 135 Å². The minimum Gasteiger partial charge on any atom is -0.367 e. The monoisotopic (exact) mass is 353 g/mol. The number of nitrogens with one attached hydrogen (secondary N) is 1. The van der Waals surface area contributed by atoms with Crippen molar-refractivity contribution in [2.45, 2.75) is 45.2 Å². The number of anilines is 1. The van der Waals surface area contributed by atoms with Crippen LogP contribution in [-0.2, 0) is 0 Å². The molecular formula is C16H24BrN3O. The van der Waals surface area contributed by atoms with Gasteiger partial charge in [-0.15, -0.1) is 0 Å². The molecular weight excluding hydrogens is 330 g/mol. The van der Waals surface area contributed by atoms with E-state index in [2.05, 4.69) is 40.0 Å². The molecule has 1 saturated heterocycles. The number of nitrogens with two attached hydrogens (primary N) is 1. The molecule has 1 aromatic carbocycles. The third-order valence-corrected chi connectivity index (χ3v) is 4.48. The van der Waals surface area contributed by atoms with Gasteiger partial charge in [-0.25, -0.2) is 0 Å². The Balaban J connectivity index is 2.27. The molecule has 1 atom stereocenters. The molecule has 1 aromatic rings. The van der Waals surface area contributed by atoms with E-state index >= 15 is 0 Å². The van der Waals surface area contributed by atoms with E-state index in [9.17, 15) is 4.79 Å². The molecule has 0 bridgehead atoms. The number of benzene rings is 1. The molecule has 116 valence electrons. The van der Waals surface area contributed by atoms with Crippen molar-refractivity contribution in [2.24, 2.45) is 5.73 Å². The number of hydrogen-bond donors (Lipinski definition) is 2. The minimum atomic E-state index is -0.381. The number of rotatable bonds is 5. The summed E-state index contributed by atoms with van der Waals surface area (Å²) in [7, 11) is 0. The zero-order valence-corrected chi connectivity index (χ0v) is 14.3. The van der Waals surface area contributed by atoms with Gasteiger partial charge in [-0.3, -0.25) is 4.79 Å². The predicted molar refractivity (Wildman–Crippen MR) is 90.8 cm³/mol. The number of amides is 1. The van der Waals surface area contributed by atoms with Crippen LogP contribution in [0.25, 0.3) is 0 Å². The van der Waals surface area contributed by atoms with Gasteiger partial charge in [0.25, 0.3) is 5.91 Å². The second-order valence-corrected chi connectivity index (χ2v) is 6.83. The summed E-state index contributed by atoms with van der Waals surface area (Å²) in [6.45, 7) is 6.28. The third-order valence-electron chi connectivity index (χ3n) is 3.99. The van der Waals surface area contributed by atoms with Crippen molar-refractivity contribution in [3.63, 3.8) is 0 Å². The van der Waals surface area contributed by atoms with E-state index in [4.69, 9.17) is 5.73 Å². The molecule has 1 amide bonds. The first kappa shape index (κ1) is 16.3. The largest absolute Gasteiger partial charge is 0.367 e. The predicted octanol–water partition coefficient (Wildman–Crippen LogP) is 2.90. The van der Waals surface area contributed by atoms with E-state index in [1.54, 1.807) is 6.07 Å². The SMILES string of the molecule is CC(C)N(CC1CCCCN1)c1ccc(Br)cc1C(N)=O. The van der Waals surface area contributed by atoms with Crippen LogP contribution in [0.2, 0.25) is 0 Å².